The number of oxazole rings is 1. The third-order valence-electron chi connectivity index (χ3n) is 3.02. The number of hydrogen-bond donors (Lipinski definition) is 2. The first-order valence-electron chi connectivity index (χ1n) is 5.40. The van der Waals surface area contributed by atoms with Gasteiger partial charge in [0, 0.05) is 0 Å². The van der Waals surface area contributed by atoms with Gasteiger partial charge >= 0.3 is 0 Å². The molecule has 0 bridgehead atoms. The van der Waals surface area contributed by atoms with Crippen LogP contribution in [0.2, 0.25) is 0 Å². The Morgan fingerprint density at radius 2 is 2.38 bits per heavy atom. The van der Waals surface area contributed by atoms with Crippen LogP contribution < -0.4 is 10.2 Å². The summed E-state index contributed by atoms with van der Waals surface area (Å²) in [7, 11) is 0. The third kappa shape index (κ3) is 1.50. The van der Waals surface area contributed by atoms with E-state index in [-0.39, 0.29) is 17.9 Å². The lowest BCUT2D eigenvalue weighted by molar-refractivity contribution is 0.0899. The van der Waals surface area contributed by atoms with Crippen LogP contribution >= 0.6 is 0 Å². The Balaban J connectivity index is 1.69. The number of Topliss-reactive ketones (excluding diaryl/α,β-unsaturated/α-hetero) is 1. The van der Waals surface area contributed by atoms with Gasteiger partial charge in [0.2, 0.25) is 5.78 Å². The molecule has 6 nitrogen and oxygen atoms in total. The number of aliphatic hydroxyl groups excluding tert-OH is 1. The highest BCUT2D eigenvalue weighted by Gasteiger charge is 2.31. The number of rotatable bonds is 3. The summed E-state index contributed by atoms with van der Waals surface area (Å²) in [6.45, 7) is 1.94. The Labute approximate surface area is 92.3 Å². The first kappa shape index (κ1) is 9.80. The molecule has 0 spiro atoms. The second kappa shape index (κ2) is 3.57. The predicted molar refractivity (Wildman–Crippen MR) is 55.5 cm³/mol. The summed E-state index contributed by atoms with van der Waals surface area (Å²) in [5.74, 6) is -0.0117. The van der Waals surface area contributed by atoms with Crippen LogP contribution in [-0.2, 0) is 0 Å². The van der Waals surface area contributed by atoms with Crippen LogP contribution in [-0.4, -0.2) is 47.7 Å². The van der Waals surface area contributed by atoms with Gasteiger partial charge in [0.05, 0.1) is 25.2 Å². The molecule has 1 atom stereocenters. The van der Waals surface area contributed by atoms with Gasteiger partial charge in [-0.25, -0.2) is 0 Å². The van der Waals surface area contributed by atoms with Crippen LogP contribution in [0.5, 0.6) is 0 Å². The highest BCUT2D eigenvalue weighted by molar-refractivity contribution is 5.99. The molecule has 2 fully saturated rings. The Hall–Kier alpha value is -1.40. The molecular formula is C10H13N3O3. The van der Waals surface area contributed by atoms with E-state index in [1.54, 1.807) is 4.90 Å². The zero-order valence-corrected chi connectivity index (χ0v) is 8.72. The van der Waals surface area contributed by atoms with Gasteiger partial charge in [0.15, 0.2) is 0 Å². The standard InChI is InChI=1S/C10H13N3O3/c14-6-3-13(4-6)10-12-8(5-16-10)9(15)7-1-2-11-7/h5-7,11,14H,1-4H2. The number of aliphatic hydroxyl groups is 1. The van der Waals surface area contributed by atoms with Gasteiger partial charge in [-0.1, -0.05) is 0 Å². The van der Waals surface area contributed by atoms with E-state index in [0.29, 0.717) is 24.8 Å². The molecule has 0 saturated carbocycles. The largest absolute Gasteiger partial charge is 0.431 e. The lowest BCUT2D eigenvalue weighted by Crippen LogP contribution is -2.51. The Morgan fingerprint density at radius 3 is 2.94 bits per heavy atom. The van der Waals surface area contributed by atoms with Crippen molar-refractivity contribution in [3.63, 3.8) is 0 Å². The molecule has 2 saturated heterocycles. The molecule has 0 amide bonds. The Kier molecular flexibility index (Phi) is 2.19. The summed E-state index contributed by atoms with van der Waals surface area (Å²) in [5, 5.41) is 12.2. The molecule has 2 aliphatic rings. The van der Waals surface area contributed by atoms with Crippen molar-refractivity contribution in [1.29, 1.82) is 0 Å². The lowest BCUT2D eigenvalue weighted by Gasteiger charge is -2.34. The molecule has 3 heterocycles. The summed E-state index contributed by atoms with van der Waals surface area (Å²) >= 11 is 0. The molecule has 1 aromatic heterocycles. The monoisotopic (exact) mass is 223 g/mol. The second-order valence-electron chi connectivity index (χ2n) is 4.23. The summed E-state index contributed by atoms with van der Waals surface area (Å²) < 4.78 is 5.21. The van der Waals surface area contributed by atoms with E-state index in [9.17, 15) is 4.79 Å². The first-order chi connectivity index (χ1) is 7.74. The number of β-amino-alcohol motifs (C(OH)–C–C–N with tert-alkyl or cyclic N) is 1. The maximum Gasteiger partial charge on any atom is 0.298 e. The minimum atomic E-state index is -0.306. The van der Waals surface area contributed by atoms with Gasteiger partial charge < -0.3 is 19.7 Å². The molecule has 2 aliphatic heterocycles. The fraction of sp³-hybridized carbons (Fsp3) is 0.600. The maximum absolute atomic E-state index is 11.8. The van der Waals surface area contributed by atoms with Crippen LogP contribution in [0.3, 0.4) is 0 Å². The topological polar surface area (TPSA) is 78.6 Å². The van der Waals surface area contributed by atoms with Crippen molar-refractivity contribution in [2.24, 2.45) is 0 Å². The maximum atomic E-state index is 11.8. The van der Waals surface area contributed by atoms with Crippen molar-refractivity contribution in [1.82, 2.24) is 10.3 Å². The van der Waals surface area contributed by atoms with Crippen LogP contribution in [0.25, 0.3) is 0 Å². The fourth-order valence-electron chi connectivity index (χ4n) is 1.83. The van der Waals surface area contributed by atoms with Crippen LogP contribution in [0.1, 0.15) is 16.9 Å². The summed E-state index contributed by atoms with van der Waals surface area (Å²) in [5.41, 5.74) is 0.369. The van der Waals surface area contributed by atoms with Crippen molar-refractivity contribution < 1.29 is 14.3 Å². The van der Waals surface area contributed by atoms with E-state index in [1.165, 1.54) is 6.26 Å². The number of carbonyl (C=O) groups excluding carboxylic acids is 1. The van der Waals surface area contributed by atoms with Gasteiger partial charge in [-0.3, -0.25) is 4.79 Å². The molecular weight excluding hydrogens is 210 g/mol. The summed E-state index contributed by atoms with van der Waals surface area (Å²) in [6, 6.07) is 0.327. The van der Waals surface area contributed by atoms with E-state index in [2.05, 4.69) is 10.3 Å². The van der Waals surface area contributed by atoms with E-state index >= 15 is 0 Å². The normalized spacial score (nSPS) is 25.1. The van der Waals surface area contributed by atoms with Gasteiger partial charge in [-0.2, -0.15) is 4.98 Å². The molecule has 16 heavy (non-hydrogen) atoms. The number of nitrogens with zero attached hydrogens (tertiary/aromatic N) is 2. The zero-order valence-electron chi connectivity index (χ0n) is 8.72. The first-order valence-corrected chi connectivity index (χ1v) is 5.40. The molecule has 86 valence electrons. The molecule has 1 aromatic rings. The summed E-state index contributed by atoms with van der Waals surface area (Å²) in [4.78, 5) is 17.7. The van der Waals surface area contributed by atoms with Crippen LogP contribution in [0, 0.1) is 0 Å². The van der Waals surface area contributed by atoms with Gasteiger partial charge in [0.1, 0.15) is 12.0 Å². The minimum absolute atomic E-state index is 0.0117. The molecule has 0 aromatic carbocycles. The second-order valence-corrected chi connectivity index (χ2v) is 4.23. The molecule has 1 unspecified atom stereocenters. The number of ketones is 1. The number of aromatic nitrogens is 1. The molecule has 6 heteroatoms. The van der Waals surface area contributed by atoms with Crippen molar-refractivity contribution in [2.75, 3.05) is 24.5 Å². The van der Waals surface area contributed by atoms with Crippen molar-refractivity contribution >= 4 is 11.8 Å². The average Bonchev–Trinajstić information content (AvgIpc) is 2.58. The van der Waals surface area contributed by atoms with Crippen LogP contribution in [0.4, 0.5) is 6.01 Å². The molecule has 0 aliphatic carbocycles. The van der Waals surface area contributed by atoms with Crippen LogP contribution in [0.15, 0.2) is 10.7 Å². The third-order valence-corrected chi connectivity index (χ3v) is 3.02. The van der Waals surface area contributed by atoms with Gasteiger partial charge in [-0.05, 0) is 13.0 Å². The van der Waals surface area contributed by atoms with Crippen molar-refractivity contribution in [3.8, 4) is 0 Å². The van der Waals surface area contributed by atoms with Crippen molar-refractivity contribution in [3.05, 3.63) is 12.0 Å². The van der Waals surface area contributed by atoms with Gasteiger partial charge in [0.25, 0.3) is 6.01 Å². The average molecular weight is 223 g/mol. The predicted octanol–water partition coefficient (Wildman–Crippen LogP) is -0.600. The summed E-state index contributed by atoms with van der Waals surface area (Å²) in [6.07, 6.45) is 1.95. The number of nitrogens with one attached hydrogen (secondary N) is 1. The zero-order chi connectivity index (χ0) is 11.1. The molecule has 0 radical (unpaired) electrons. The number of anilines is 1. The number of carbonyl (C=O) groups is 1. The lowest BCUT2D eigenvalue weighted by atomic mass is 10.0. The highest BCUT2D eigenvalue weighted by Crippen LogP contribution is 2.21. The van der Waals surface area contributed by atoms with E-state index < -0.39 is 0 Å². The molecule has 3 rings (SSSR count). The quantitative estimate of drug-likeness (QED) is 0.666. The Morgan fingerprint density at radius 1 is 1.62 bits per heavy atom. The Bertz CT molecular complexity index is 407. The van der Waals surface area contributed by atoms with Crippen molar-refractivity contribution in [2.45, 2.75) is 18.6 Å². The van der Waals surface area contributed by atoms with E-state index in [4.69, 9.17) is 9.52 Å². The van der Waals surface area contributed by atoms with E-state index in [1.807, 2.05) is 0 Å². The fourth-order valence-corrected chi connectivity index (χ4v) is 1.83. The smallest absolute Gasteiger partial charge is 0.298 e. The SMILES string of the molecule is O=C(c1coc(N2CC(O)C2)n1)C1CCN1. The number of hydrogen-bond acceptors (Lipinski definition) is 6. The highest BCUT2D eigenvalue weighted by atomic mass is 16.4. The van der Waals surface area contributed by atoms with Gasteiger partial charge in [-0.15, -0.1) is 0 Å². The minimum Gasteiger partial charge on any atom is -0.431 e. The van der Waals surface area contributed by atoms with E-state index in [0.717, 1.165) is 13.0 Å². The molecule has 2 N–H and O–H groups in total.